The van der Waals surface area contributed by atoms with E-state index in [1.54, 1.807) is 7.11 Å². The van der Waals surface area contributed by atoms with Crippen LogP contribution in [-0.2, 0) is 5.75 Å². The molecule has 27 heavy (non-hydrogen) atoms. The highest BCUT2D eigenvalue weighted by Crippen LogP contribution is 2.36. The summed E-state index contributed by atoms with van der Waals surface area (Å²) in [4.78, 5) is 5.85. The molecule has 4 aromatic rings. The van der Waals surface area contributed by atoms with Crippen LogP contribution in [0.5, 0.6) is 5.75 Å². The Morgan fingerprint density at radius 3 is 2.63 bits per heavy atom. The van der Waals surface area contributed by atoms with Gasteiger partial charge in [-0.1, -0.05) is 48.0 Å². The first kappa shape index (κ1) is 17.9. The summed E-state index contributed by atoms with van der Waals surface area (Å²) in [5.74, 6) is 1.68. The number of hydrogen-bond acceptors (Lipinski definition) is 3. The average molecular weight is 392 g/mol. The van der Waals surface area contributed by atoms with Gasteiger partial charge in [-0.25, -0.2) is 0 Å². The number of pyridine rings is 1. The van der Waals surface area contributed by atoms with E-state index in [1.165, 1.54) is 10.5 Å². The minimum Gasteiger partial charge on any atom is -0.496 e. The molecule has 0 N–H and O–H groups in total. The SMILES string of the molecule is COc1cc(Cl)ccc1-c1nccc2cc(SCc3ccccc3)ccc12. The van der Waals surface area contributed by atoms with Crippen LogP contribution in [-0.4, -0.2) is 12.1 Å². The summed E-state index contributed by atoms with van der Waals surface area (Å²) in [5.41, 5.74) is 3.17. The fourth-order valence-electron chi connectivity index (χ4n) is 3.06. The molecule has 0 aliphatic heterocycles. The van der Waals surface area contributed by atoms with Crippen LogP contribution in [0.15, 0.2) is 83.9 Å². The molecule has 134 valence electrons. The van der Waals surface area contributed by atoms with E-state index in [-0.39, 0.29) is 0 Å². The van der Waals surface area contributed by atoms with Crippen LogP contribution in [0.25, 0.3) is 22.0 Å². The number of rotatable bonds is 5. The fraction of sp³-hybridized carbons (Fsp3) is 0.0870. The summed E-state index contributed by atoms with van der Waals surface area (Å²) in [5, 5.41) is 2.91. The van der Waals surface area contributed by atoms with E-state index in [9.17, 15) is 0 Å². The Hall–Kier alpha value is -2.49. The largest absolute Gasteiger partial charge is 0.496 e. The summed E-state index contributed by atoms with van der Waals surface area (Å²) >= 11 is 7.94. The van der Waals surface area contributed by atoms with E-state index in [2.05, 4.69) is 47.4 Å². The molecule has 0 atom stereocenters. The van der Waals surface area contributed by atoms with Gasteiger partial charge in [-0.15, -0.1) is 11.8 Å². The monoisotopic (exact) mass is 391 g/mol. The van der Waals surface area contributed by atoms with E-state index in [0.717, 1.165) is 33.5 Å². The van der Waals surface area contributed by atoms with Crippen molar-refractivity contribution < 1.29 is 4.74 Å². The molecule has 0 radical (unpaired) electrons. The Labute approximate surface area is 168 Å². The third kappa shape index (κ3) is 3.95. The molecule has 0 amide bonds. The lowest BCUT2D eigenvalue weighted by molar-refractivity contribution is 0.416. The molecule has 4 heteroatoms. The van der Waals surface area contributed by atoms with E-state index in [0.29, 0.717) is 5.02 Å². The van der Waals surface area contributed by atoms with Gasteiger partial charge in [0.2, 0.25) is 0 Å². The lowest BCUT2D eigenvalue weighted by Crippen LogP contribution is -1.91. The number of nitrogens with zero attached hydrogens (tertiary/aromatic N) is 1. The van der Waals surface area contributed by atoms with Crippen molar-refractivity contribution in [2.75, 3.05) is 7.11 Å². The van der Waals surface area contributed by atoms with E-state index in [1.807, 2.05) is 48.3 Å². The normalized spacial score (nSPS) is 10.9. The lowest BCUT2D eigenvalue weighted by Gasteiger charge is -2.11. The molecule has 1 aromatic heterocycles. The van der Waals surface area contributed by atoms with Crippen molar-refractivity contribution in [1.29, 1.82) is 0 Å². The fourth-order valence-corrected chi connectivity index (χ4v) is 4.12. The zero-order chi connectivity index (χ0) is 18.6. The maximum absolute atomic E-state index is 6.10. The zero-order valence-corrected chi connectivity index (χ0v) is 16.4. The van der Waals surface area contributed by atoms with Gasteiger partial charge in [-0.2, -0.15) is 0 Å². The highest BCUT2D eigenvalue weighted by atomic mass is 35.5. The van der Waals surface area contributed by atoms with Crippen molar-refractivity contribution in [2.45, 2.75) is 10.6 Å². The van der Waals surface area contributed by atoms with Gasteiger partial charge in [0.25, 0.3) is 0 Å². The van der Waals surface area contributed by atoms with Crippen molar-refractivity contribution in [3.8, 4) is 17.0 Å². The number of halogens is 1. The van der Waals surface area contributed by atoms with Crippen molar-refractivity contribution in [1.82, 2.24) is 4.98 Å². The number of fused-ring (bicyclic) bond motifs is 1. The predicted octanol–water partition coefficient (Wildman–Crippen LogP) is 6.86. The zero-order valence-electron chi connectivity index (χ0n) is 14.9. The van der Waals surface area contributed by atoms with Gasteiger partial charge in [0.05, 0.1) is 12.8 Å². The highest BCUT2D eigenvalue weighted by molar-refractivity contribution is 7.98. The second-order valence-corrected chi connectivity index (χ2v) is 7.65. The maximum Gasteiger partial charge on any atom is 0.129 e. The molecule has 1 heterocycles. The summed E-state index contributed by atoms with van der Waals surface area (Å²) in [6.45, 7) is 0. The quantitative estimate of drug-likeness (QED) is 0.347. The van der Waals surface area contributed by atoms with Crippen molar-refractivity contribution >= 4 is 34.1 Å². The molecule has 0 aliphatic rings. The first-order valence-electron chi connectivity index (χ1n) is 8.64. The van der Waals surface area contributed by atoms with Crippen molar-refractivity contribution in [2.24, 2.45) is 0 Å². The third-order valence-corrected chi connectivity index (χ3v) is 5.70. The Bertz CT molecular complexity index is 1080. The van der Waals surface area contributed by atoms with Crippen molar-refractivity contribution in [3.05, 3.63) is 89.6 Å². The van der Waals surface area contributed by atoms with Crippen LogP contribution in [0.4, 0.5) is 0 Å². The van der Waals surface area contributed by atoms with Crippen molar-refractivity contribution in [3.63, 3.8) is 0 Å². The van der Waals surface area contributed by atoms with E-state index < -0.39 is 0 Å². The van der Waals surface area contributed by atoms with Gasteiger partial charge in [0, 0.05) is 32.8 Å². The van der Waals surface area contributed by atoms with Crippen LogP contribution in [0.3, 0.4) is 0 Å². The molecule has 0 saturated heterocycles. The van der Waals surface area contributed by atoms with Crippen LogP contribution >= 0.6 is 23.4 Å². The van der Waals surface area contributed by atoms with E-state index >= 15 is 0 Å². The summed E-state index contributed by atoms with van der Waals surface area (Å²) in [6.07, 6.45) is 1.84. The molecule has 0 saturated carbocycles. The van der Waals surface area contributed by atoms with Crippen LogP contribution < -0.4 is 4.74 Å². The van der Waals surface area contributed by atoms with Crippen LogP contribution in [0.2, 0.25) is 5.02 Å². The summed E-state index contributed by atoms with van der Waals surface area (Å²) in [6, 6.07) is 24.7. The Kier molecular flexibility index (Phi) is 5.33. The molecule has 0 fully saturated rings. The molecule has 4 rings (SSSR count). The number of thioether (sulfide) groups is 1. The molecule has 0 bridgehead atoms. The summed E-state index contributed by atoms with van der Waals surface area (Å²) < 4.78 is 5.51. The lowest BCUT2D eigenvalue weighted by atomic mass is 10.0. The number of aromatic nitrogens is 1. The molecule has 0 unspecified atom stereocenters. The molecule has 2 nitrogen and oxygen atoms in total. The Balaban J connectivity index is 1.68. The summed E-state index contributed by atoms with van der Waals surface area (Å²) in [7, 11) is 1.65. The molecular weight excluding hydrogens is 374 g/mol. The highest BCUT2D eigenvalue weighted by Gasteiger charge is 2.12. The second-order valence-electron chi connectivity index (χ2n) is 6.16. The van der Waals surface area contributed by atoms with Crippen LogP contribution in [0, 0.1) is 0 Å². The van der Waals surface area contributed by atoms with Gasteiger partial charge in [0.15, 0.2) is 0 Å². The Morgan fingerprint density at radius 2 is 1.81 bits per heavy atom. The Morgan fingerprint density at radius 1 is 0.963 bits per heavy atom. The second kappa shape index (κ2) is 8.03. The molecule has 0 aliphatic carbocycles. The number of benzene rings is 3. The van der Waals surface area contributed by atoms with E-state index in [4.69, 9.17) is 16.3 Å². The molecule has 0 spiro atoms. The topological polar surface area (TPSA) is 22.1 Å². The van der Waals surface area contributed by atoms with Gasteiger partial charge in [-0.3, -0.25) is 4.98 Å². The molecular formula is C23H18ClNOS. The number of hydrogen-bond donors (Lipinski definition) is 0. The first-order valence-corrected chi connectivity index (χ1v) is 10.0. The van der Waals surface area contributed by atoms with Gasteiger partial charge < -0.3 is 4.74 Å². The standard InChI is InChI=1S/C23H18ClNOS/c1-26-22-14-18(24)7-9-21(22)23-20-10-8-19(13-17(20)11-12-25-23)27-15-16-5-3-2-4-6-16/h2-14H,15H2,1H3. The number of methoxy groups -OCH3 is 1. The molecule has 3 aromatic carbocycles. The average Bonchev–Trinajstić information content (AvgIpc) is 2.72. The van der Waals surface area contributed by atoms with Crippen LogP contribution in [0.1, 0.15) is 5.56 Å². The smallest absolute Gasteiger partial charge is 0.129 e. The maximum atomic E-state index is 6.10. The number of ether oxygens (including phenoxy) is 1. The van der Waals surface area contributed by atoms with Gasteiger partial charge in [0.1, 0.15) is 5.75 Å². The van der Waals surface area contributed by atoms with Gasteiger partial charge in [-0.05, 0) is 47.3 Å². The third-order valence-electron chi connectivity index (χ3n) is 4.40. The predicted molar refractivity (Wildman–Crippen MR) is 115 cm³/mol. The minimum atomic E-state index is 0.649. The van der Waals surface area contributed by atoms with Gasteiger partial charge >= 0.3 is 0 Å². The first-order chi connectivity index (χ1) is 13.2. The minimum absolute atomic E-state index is 0.649.